The van der Waals surface area contributed by atoms with E-state index < -0.39 is 5.97 Å². The van der Waals surface area contributed by atoms with Crippen molar-refractivity contribution in [1.82, 2.24) is 4.90 Å². The van der Waals surface area contributed by atoms with Crippen LogP contribution in [0, 0.1) is 0 Å². The summed E-state index contributed by atoms with van der Waals surface area (Å²) in [7, 11) is 0. The van der Waals surface area contributed by atoms with Gasteiger partial charge in [0.15, 0.2) is 0 Å². The molecule has 1 atom stereocenters. The van der Waals surface area contributed by atoms with Crippen LogP contribution in [-0.2, 0) is 11.3 Å². The van der Waals surface area contributed by atoms with Gasteiger partial charge in [-0.1, -0.05) is 26.0 Å². The van der Waals surface area contributed by atoms with Crippen LogP contribution in [0.15, 0.2) is 24.3 Å². The van der Waals surface area contributed by atoms with E-state index in [1.807, 2.05) is 29.2 Å². The van der Waals surface area contributed by atoms with Crippen LogP contribution < -0.4 is 4.74 Å². The number of carboxylic acid groups (broad SMARTS) is 1. The minimum absolute atomic E-state index is 0.0725. The summed E-state index contributed by atoms with van der Waals surface area (Å²) in [5.74, 6) is 0.0807. The van der Waals surface area contributed by atoms with E-state index in [-0.39, 0.29) is 12.6 Å². The van der Waals surface area contributed by atoms with Crippen molar-refractivity contribution in [1.29, 1.82) is 0 Å². The molecule has 0 saturated heterocycles. The number of benzene rings is 1. The van der Waals surface area contributed by atoms with Crippen molar-refractivity contribution < 1.29 is 14.6 Å². The Hall–Kier alpha value is -1.55. The number of carbonyl (C=O) groups is 1. The van der Waals surface area contributed by atoms with Crippen molar-refractivity contribution in [2.45, 2.75) is 46.2 Å². The monoisotopic (exact) mass is 279 g/mol. The average Bonchev–Trinajstić information content (AvgIpc) is 2.44. The molecule has 1 N–H and O–H groups in total. The van der Waals surface area contributed by atoms with E-state index in [4.69, 9.17) is 9.84 Å². The lowest BCUT2D eigenvalue weighted by atomic mass is 10.1. The van der Waals surface area contributed by atoms with Gasteiger partial charge in [-0.15, -0.1) is 0 Å². The van der Waals surface area contributed by atoms with Crippen molar-refractivity contribution >= 4 is 5.97 Å². The van der Waals surface area contributed by atoms with Crippen LogP contribution in [0.1, 0.15) is 39.2 Å². The topological polar surface area (TPSA) is 49.8 Å². The molecule has 0 heterocycles. The summed E-state index contributed by atoms with van der Waals surface area (Å²) >= 11 is 0. The molecule has 0 amide bonds. The third-order valence-corrected chi connectivity index (χ3v) is 3.33. The van der Waals surface area contributed by atoms with Crippen LogP contribution in [0.2, 0.25) is 0 Å². The van der Waals surface area contributed by atoms with Gasteiger partial charge in [-0.3, -0.25) is 9.69 Å². The molecule has 0 spiro atoms. The summed E-state index contributed by atoms with van der Waals surface area (Å²) in [5, 5.41) is 8.99. The summed E-state index contributed by atoms with van der Waals surface area (Å²) in [6.07, 6.45) is 1.92. The van der Waals surface area contributed by atoms with Crippen LogP contribution in [0.3, 0.4) is 0 Å². The zero-order valence-electron chi connectivity index (χ0n) is 12.6. The molecular formula is C16H25NO3. The van der Waals surface area contributed by atoms with Gasteiger partial charge in [0.25, 0.3) is 0 Å². The summed E-state index contributed by atoms with van der Waals surface area (Å²) in [4.78, 5) is 12.9. The third-order valence-electron chi connectivity index (χ3n) is 3.33. The molecule has 0 radical (unpaired) electrons. The fraction of sp³-hybridized carbons (Fsp3) is 0.562. The number of carboxylic acids is 1. The van der Waals surface area contributed by atoms with Gasteiger partial charge < -0.3 is 9.84 Å². The minimum Gasteiger partial charge on any atom is -0.494 e. The first-order valence-corrected chi connectivity index (χ1v) is 7.24. The minimum atomic E-state index is -0.784. The number of hydrogen-bond acceptors (Lipinski definition) is 3. The van der Waals surface area contributed by atoms with E-state index in [0.717, 1.165) is 30.8 Å². The molecule has 4 nitrogen and oxygen atoms in total. The van der Waals surface area contributed by atoms with Crippen LogP contribution in [0.25, 0.3) is 0 Å². The van der Waals surface area contributed by atoms with Gasteiger partial charge in [0, 0.05) is 12.6 Å². The van der Waals surface area contributed by atoms with Crippen LogP contribution in [0.4, 0.5) is 0 Å². The lowest BCUT2D eigenvalue weighted by molar-refractivity contribution is -0.139. The summed E-state index contributed by atoms with van der Waals surface area (Å²) in [6.45, 7) is 7.64. The van der Waals surface area contributed by atoms with Gasteiger partial charge in [-0.05, 0) is 37.5 Å². The fourth-order valence-electron chi connectivity index (χ4n) is 1.95. The second kappa shape index (κ2) is 8.59. The Morgan fingerprint density at radius 2 is 1.95 bits per heavy atom. The van der Waals surface area contributed by atoms with Gasteiger partial charge in [-0.2, -0.15) is 0 Å². The van der Waals surface area contributed by atoms with Crippen molar-refractivity contribution in [2.24, 2.45) is 0 Å². The molecule has 1 aromatic rings. The molecule has 0 aliphatic carbocycles. The second-order valence-corrected chi connectivity index (χ2v) is 5.05. The van der Waals surface area contributed by atoms with Crippen molar-refractivity contribution in [2.75, 3.05) is 13.2 Å². The van der Waals surface area contributed by atoms with Crippen molar-refractivity contribution in [3.05, 3.63) is 29.8 Å². The predicted molar refractivity (Wildman–Crippen MR) is 80.0 cm³/mol. The van der Waals surface area contributed by atoms with E-state index >= 15 is 0 Å². The van der Waals surface area contributed by atoms with Gasteiger partial charge in [0.2, 0.25) is 0 Å². The highest BCUT2D eigenvalue weighted by molar-refractivity contribution is 5.69. The van der Waals surface area contributed by atoms with Gasteiger partial charge >= 0.3 is 5.97 Å². The molecule has 1 rings (SSSR count). The van der Waals surface area contributed by atoms with Crippen LogP contribution in [0.5, 0.6) is 5.75 Å². The molecule has 0 saturated carbocycles. The first kappa shape index (κ1) is 16.5. The standard InChI is InChI=1S/C16H25NO3/c1-4-10-20-15-8-6-14(7-9-15)11-17(12-16(18)19)13(3)5-2/h6-9,13H,4-5,10-12H2,1-3H3,(H,18,19). The maximum absolute atomic E-state index is 10.9. The van der Waals surface area contributed by atoms with Crippen molar-refractivity contribution in [3.8, 4) is 5.75 Å². The molecule has 4 heteroatoms. The molecule has 0 fully saturated rings. The maximum Gasteiger partial charge on any atom is 0.317 e. The number of rotatable bonds is 9. The van der Waals surface area contributed by atoms with Gasteiger partial charge in [-0.25, -0.2) is 0 Å². The van der Waals surface area contributed by atoms with Gasteiger partial charge in [0.05, 0.1) is 13.2 Å². The van der Waals surface area contributed by atoms with Crippen LogP contribution >= 0.6 is 0 Å². The Morgan fingerprint density at radius 1 is 1.30 bits per heavy atom. The zero-order chi connectivity index (χ0) is 15.0. The second-order valence-electron chi connectivity index (χ2n) is 5.05. The molecular weight excluding hydrogens is 254 g/mol. The van der Waals surface area contributed by atoms with E-state index in [2.05, 4.69) is 20.8 Å². The van der Waals surface area contributed by atoms with Gasteiger partial charge in [0.1, 0.15) is 5.75 Å². The number of ether oxygens (including phenoxy) is 1. The molecule has 1 unspecified atom stereocenters. The molecule has 0 bridgehead atoms. The van der Waals surface area contributed by atoms with Crippen molar-refractivity contribution in [3.63, 3.8) is 0 Å². The Morgan fingerprint density at radius 3 is 2.45 bits per heavy atom. The lowest BCUT2D eigenvalue weighted by Crippen LogP contribution is -2.36. The number of hydrogen-bond donors (Lipinski definition) is 1. The zero-order valence-corrected chi connectivity index (χ0v) is 12.6. The molecule has 112 valence electrons. The average molecular weight is 279 g/mol. The smallest absolute Gasteiger partial charge is 0.317 e. The van der Waals surface area contributed by atoms with E-state index in [0.29, 0.717) is 6.54 Å². The quantitative estimate of drug-likeness (QED) is 0.754. The Balaban J connectivity index is 2.65. The maximum atomic E-state index is 10.9. The molecule has 20 heavy (non-hydrogen) atoms. The normalized spacial score (nSPS) is 12.4. The molecule has 1 aromatic carbocycles. The first-order valence-electron chi connectivity index (χ1n) is 7.24. The first-order chi connectivity index (χ1) is 9.56. The number of aliphatic carboxylic acids is 1. The highest BCUT2D eigenvalue weighted by Gasteiger charge is 2.15. The van der Waals surface area contributed by atoms with E-state index in [9.17, 15) is 4.79 Å². The lowest BCUT2D eigenvalue weighted by Gasteiger charge is -2.26. The Kier molecular flexibility index (Phi) is 7.09. The largest absolute Gasteiger partial charge is 0.494 e. The molecule has 0 aromatic heterocycles. The third kappa shape index (κ3) is 5.61. The SMILES string of the molecule is CCCOc1ccc(CN(CC(=O)O)C(C)CC)cc1. The predicted octanol–water partition coefficient (Wildman–Crippen LogP) is 3.16. The molecule has 0 aliphatic rings. The summed E-state index contributed by atoms with van der Waals surface area (Å²) < 4.78 is 5.54. The highest BCUT2D eigenvalue weighted by atomic mass is 16.5. The van der Waals surface area contributed by atoms with E-state index in [1.165, 1.54) is 0 Å². The molecule has 0 aliphatic heterocycles. The summed E-state index contributed by atoms with van der Waals surface area (Å²) in [5.41, 5.74) is 1.11. The highest BCUT2D eigenvalue weighted by Crippen LogP contribution is 2.15. The van der Waals surface area contributed by atoms with E-state index in [1.54, 1.807) is 0 Å². The van der Waals surface area contributed by atoms with Crippen LogP contribution in [-0.4, -0.2) is 35.2 Å². The Labute approximate surface area is 121 Å². The number of nitrogens with zero attached hydrogens (tertiary/aromatic N) is 1. The Bertz CT molecular complexity index is 403. The fourth-order valence-corrected chi connectivity index (χ4v) is 1.95. The summed E-state index contributed by atoms with van der Waals surface area (Å²) in [6, 6.07) is 8.15.